The van der Waals surface area contributed by atoms with Gasteiger partial charge in [0.1, 0.15) is 19.3 Å². The molecule has 0 fully saturated rings. The Labute approximate surface area is 638 Å². The van der Waals surface area contributed by atoms with Crippen molar-refractivity contribution in [3.63, 3.8) is 0 Å². The van der Waals surface area contributed by atoms with Crippen molar-refractivity contribution in [2.75, 3.05) is 39.6 Å². The molecule has 0 saturated heterocycles. The number of esters is 4. The second kappa shape index (κ2) is 76.4. The van der Waals surface area contributed by atoms with Crippen molar-refractivity contribution in [1.82, 2.24) is 0 Å². The summed E-state index contributed by atoms with van der Waals surface area (Å²) in [6, 6.07) is 0. The van der Waals surface area contributed by atoms with Crippen molar-refractivity contribution in [3.8, 4) is 0 Å². The third-order valence-corrected chi connectivity index (χ3v) is 22.2. The minimum absolute atomic E-state index is 0.107. The normalized spacial score (nSPS) is 14.1. The zero-order valence-corrected chi connectivity index (χ0v) is 70.1. The van der Waals surface area contributed by atoms with E-state index in [-0.39, 0.29) is 25.7 Å². The zero-order valence-electron chi connectivity index (χ0n) is 68.3. The van der Waals surface area contributed by atoms with Gasteiger partial charge < -0.3 is 33.8 Å². The van der Waals surface area contributed by atoms with Crippen LogP contribution < -0.4 is 0 Å². The first-order valence-corrected chi connectivity index (χ1v) is 47.0. The van der Waals surface area contributed by atoms with Crippen molar-refractivity contribution in [2.45, 2.75) is 471 Å². The van der Waals surface area contributed by atoms with Crippen LogP contribution in [0.25, 0.3) is 0 Å². The highest BCUT2D eigenvalue weighted by molar-refractivity contribution is 7.47. The molecule has 104 heavy (non-hydrogen) atoms. The van der Waals surface area contributed by atoms with E-state index in [1.165, 1.54) is 270 Å². The summed E-state index contributed by atoms with van der Waals surface area (Å²) >= 11 is 0. The molecule has 0 spiro atoms. The number of aliphatic hydroxyl groups is 1. The summed E-state index contributed by atoms with van der Waals surface area (Å²) in [6.07, 6.45) is 67.9. The number of ether oxygens (including phenoxy) is 4. The molecule has 0 amide bonds. The molecule has 0 aromatic rings. The maximum atomic E-state index is 13.1. The number of carbonyl (C=O) groups excluding carboxylic acids is 4. The Balaban J connectivity index is 5.23. The summed E-state index contributed by atoms with van der Waals surface area (Å²) in [7, 11) is -9.93. The van der Waals surface area contributed by atoms with Gasteiger partial charge in [0, 0.05) is 25.7 Å². The van der Waals surface area contributed by atoms with Crippen LogP contribution in [0, 0.1) is 11.8 Å². The van der Waals surface area contributed by atoms with Gasteiger partial charge in [0.25, 0.3) is 0 Å². The number of hydrogen-bond acceptors (Lipinski definition) is 15. The molecule has 0 bridgehead atoms. The average Bonchev–Trinajstić information content (AvgIpc) is 0.908. The third kappa shape index (κ3) is 76.8. The standard InChI is InChI=1S/C85H166O17P2/c1-7-10-12-14-16-18-20-22-23-26-30-33-37-44-50-56-62-68-83(88)96-73-80(101-84(89)69-63-57-51-45-38-34-31-28-25-24-27-29-32-35-42-48-54-60-66-78(6)9-3)75-99-103(91,92)97-71-79(86)72-98-104(93,94)100-76-81(74-95-82(87)67-61-55-49-43-36-21-19-17-15-13-11-8-2)102-85(90)70-64-58-52-46-40-39-41-47-53-59-65-77(4)5/h77-81,86H,7-76H2,1-6H3,(H,91,92)(H,93,94)/t78?,79-,80-,81-/m1/s1. The SMILES string of the molecule is CCCCCCCCCCCCCCCCCCCC(=O)OC[C@H](COP(=O)(O)OC[C@@H](O)COP(=O)(O)OC[C@@H](COC(=O)CCCCCCCCCCCCCC)OC(=O)CCCCCCCCCCCCC(C)C)OC(=O)CCCCCCCCCCCCCCCCCCCCC(C)CC. The van der Waals surface area contributed by atoms with Gasteiger partial charge in [0.15, 0.2) is 12.2 Å². The molecule has 0 saturated carbocycles. The van der Waals surface area contributed by atoms with E-state index in [2.05, 4.69) is 41.5 Å². The smallest absolute Gasteiger partial charge is 0.462 e. The molecular formula is C85H166O17P2. The fourth-order valence-corrected chi connectivity index (χ4v) is 14.8. The number of phosphoric ester groups is 2. The van der Waals surface area contributed by atoms with Gasteiger partial charge in [0.05, 0.1) is 26.4 Å². The predicted octanol–water partition coefficient (Wildman–Crippen LogP) is 25.8. The van der Waals surface area contributed by atoms with Crippen molar-refractivity contribution >= 4 is 39.5 Å². The first-order valence-electron chi connectivity index (χ1n) is 44.0. The molecule has 17 nitrogen and oxygen atoms in total. The van der Waals surface area contributed by atoms with E-state index in [4.69, 9.17) is 37.0 Å². The Hall–Kier alpha value is -1.94. The van der Waals surface area contributed by atoms with E-state index in [0.717, 1.165) is 102 Å². The van der Waals surface area contributed by atoms with Gasteiger partial charge in [-0.15, -0.1) is 0 Å². The summed E-state index contributed by atoms with van der Waals surface area (Å²) in [5.41, 5.74) is 0. The molecule has 618 valence electrons. The minimum Gasteiger partial charge on any atom is -0.462 e. The molecule has 0 rings (SSSR count). The highest BCUT2D eigenvalue weighted by Gasteiger charge is 2.30. The molecular weight excluding hydrogens is 1350 g/mol. The van der Waals surface area contributed by atoms with Crippen LogP contribution in [-0.4, -0.2) is 96.7 Å². The van der Waals surface area contributed by atoms with Crippen molar-refractivity contribution < 1.29 is 80.2 Å². The maximum absolute atomic E-state index is 13.1. The van der Waals surface area contributed by atoms with Gasteiger partial charge in [-0.25, -0.2) is 9.13 Å². The number of phosphoric acid groups is 2. The maximum Gasteiger partial charge on any atom is 0.472 e. The van der Waals surface area contributed by atoms with E-state index in [1.807, 2.05) is 0 Å². The molecule has 3 unspecified atom stereocenters. The van der Waals surface area contributed by atoms with Crippen LogP contribution in [-0.2, 0) is 65.4 Å². The number of aliphatic hydroxyl groups excluding tert-OH is 1. The van der Waals surface area contributed by atoms with Crippen LogP contribution in [0.2, 0.25) is 0 Å². The summed E-state index contributed by atoms with van der Waals surface area (Å²) in [6.45, 7) is 9.72. The lowest BCUT2D eigenvalue weighted by molar-refractivity contribution is -0.161. The van der Waals surface area contributed by atoms with Crippen LogP contribution in [0.15, 0.2) is 0 Å². The molecule has 0 aliphatic heterocycles. The van der Waals surface area contributed by atoms with E-state index in [9.17, 15) is 43.2 Å². The topological polar surface area (TPSA) is 237 Å². The van der Waals surface area contributed by atoms with Gasteiger partial charge in [-0.3, -0.25) is 37.3 Å². The highest BCUT2D eigenvalue weighted by atomic mass is 31.2. The Morgan fingerprint density at radius 3 is 0.731 bits per heavy atom. The molecule has 3 N–H and O–H groups in total. The number of carbonyl (C=O) groups is 4. The third-order valence-electron chi connectivity index (χ3n) is 20.3. The quantitative estimate of drug-likeness (QED) is 0.0222. The Bertz CT molecular complexity index is 2000. The summed E-state index contributed by atoms with van der Waals surface area (Å²) in [4.78, 5) is 73.2. The van der Waals surface area contributed by atoms with E-state index in [1.54, 1.807) is 0 Å². The van der Waals surface area contributed by atoms with Crippen LogP contribution >= 0.6 is 15.6 Å². The molecule has 0 aliphatic carbocycles. The second-order valence-corrected chi connectivity index (χ2v) is 34.2. The molecule has 0 radical (unpaired) electrons. The minimum atomic E-state index is -4.97. The van der Waals surface area contributed by atoms with Crippen molar-refractivity contribution in [1.29, 1.82) is 0 Å². The Kier molecular flexibility index (Phi) is 75.0. The van der Waals surface area contributed by atoms with Gasteiger partial charge in [-0.05, 0) is 37.5 Å². The van der Waals surface area contributed by atoms with Crippen molar-refractivity contribution in [3.05, 3.63) is 0 Å². The van der Waals surface area contributed by atoms with Gasteiger partial charge in [0.2, 0.25) is 0 Å². The largest absolute Gasteiger partial charge is 0.472 e. The molecule has 19 heteroatoms. The first-order chi connectivity index (χ1) is 50.4. The van der Waals surface area contributed by atoms with Crippen LogP contribution in [0.1, 0.15) is 452 Å². The lowest BCUT2D eigenvalue weighted by Crippen LogP contribution is -2.30. The van der Waals surface area contributed by atoms with Gasteiger partial charge in [-0.1, -0.05) is 401 Å². The van der Waals surface area contributed by atoms with E-state index in [0.29, 0.717) is 25.7 Å². The van der Waals surface area contributed by atoms with Crippen LogP contribution in [0.5, 0.6) is 0 Å². The number of rotatable bonds is 84. The average molecular weight is 1520 g/mol. The van der Waals surface area contributed by atoms with Crippen molar-refractivity contribution in [2.24, 2.45) is 11.8 Å². The zero-order chi connectivity index (χ0) is 76.4. The Morgan fingerprint density at radius 1 is 0.279 bits per heavy atom. The molecule has 6 atom stereocenters. The van der Waals surface area contributed by atoms with Gasteiger partial charge in [-0.2, -0.15) is 0 Å². The second-order valence-electron chi connectivity index (χ2n) is 31.3. The van der Waals surface area contributed by atoms with E-state index >= 15 is 0 Å². The fraction of sp³-hybridized carbons (Fsp3) is 0.953. The van der Waals surface area contributed by atoms with Crippen LogP contribution in [0.4, 0.5) is 0 Å². The summed E-state index contributed by atoms with van der Waals surface area (Å²) < 4.78 is 68.9. The lowest BCUT2D eigenvalue weighted by atomic mass is 9.99. The molecule has 0 aromatic carbocycles. The predicted molar refractivity (Wildman–Crippen MR) is 428 cm³/mol. The lowest BCUT2D eigenvalue weighted by Gasteiger charge is -2.21. The monoisotopic (exact) mass is 1520 g/mol. The first kappa shape index (κ1) is 102. The van der Waals surface area contributed by atoms with Crippen LogP contribution in [0.3, 0.4) is 0 Å². The fourth-order valence-electron chi connectivity index (χ4n) is 13.2. The molecule has 0 aromatic heterocycles. The highest BCUT2D eigenvalue weighted by Crippen LogP contribution is 2.45. The molecule has 0 heterocycles. The summed E-state index contributed by atoms with van der Waals surface area (Å²) in [5.74, 6) is -0.479. The number of hydrogen-bond donors (Lipinski definition) is 3. The van der Waals surface area contributed by atoms with Gasteiger partial charge >= 0.3 is 39.5 Å². The van der Waals surface area contributed by atoms with E-state index < -0.39 is 97.5 Å². The Morgan fingerprint density at radius 2 is 0.490 bits per heavy atom. The number of unbranched alkanes of at least 4 members (excludes halogenated alkanes) is 53. The molecule has 0 aliphatic rings. The summed E-state index contributed by atoms with van der Waals surface area (Å²) in [5, 5.41) is 10.7.